The van der Waals surface area contributed by atoms with Gasteiger partial charge in [0.2, 0.25) is 0 Å². The Morgan fingerprint density at radius 2 is 2.45 bits per heavy atom. The Hall–Kier alpha value is -1.05. The Balaban J connectivity index is 2.41. The second kappa shape index (κ2) is 3.96. The van der Waals surface area contributed by atoms with Gasteiger partial charge in [-0.25, -0.2) is 4.79 Å². The molecule has 11 heavy (non-hydrogen) atoms. The van der Waals surface area contributed by atoms with Crippen LogP contribution in [0.5, 0.6) is 0 Å². The number of carbonyl (C=O) groups is 1. The van der Waals surface area contributed by atoms with E-state index in [4.69, 9.17) is 5.11 Å². The second-order valence-electron chi connectivity index (χ2n) is 2.72. The van der Waals surface area contributed by atoms with Crippen molar-refractivity contribution in [3.8, 4) is 0 Å². The maximum absolute atomic E-state index is 10.1. The summed E-state index contributed by atoms with van der Waals surface area (Å²) in [5.74, 6) is -0.510. The van der Waals surface area contributed by atoms with E-state index in [2.05, 4.69) is 12.2 Å². The van der Waals surface area contributed by atoms with Gasteiger partial charge in [0.05, 0.1) is 0 Å². The van der Waals surface area contributed by atoms with Crippen LogP contribution >= 0.6 is 0 Å². The molecular weight excluding hydrogens is 140 g/mol. The van der Waals surface area contributed by atoms with Gasteiger partial charge in [0.1, 0.15) is 0 Å². The summed E-state index contributed by atoms with van der Waals surface area (Å²) in [7, 11) is 0. The molecule has 0 aromatic heterocycles. The lowest BCUT2D eigenvalue weighted by Gasteiger charge is -2.10. The molecule has 2 heteroatoms. The predicted octanol–water partition coefficient (Wildman–Crippen LogP) is 1.98. The number of hydrogen-bond donors (Lipinski definition) is 1. The van der Waals surface area contributed by atoms with E-state index in [1.807, 2.05) is 0 Å². The molecular formula is C9H12O2. The molecule has 0 radical (unpaired) electrons. The van der Waals surface area contributed by atoms with Crippen LogP contribution in [0.3, 0.4) is 0 Å². The number of hydrogen-bond acceptors (Lipinski definition) is 1. The number of rotatable bonds is 2. The van der Waals surface area contributed by atoms with E-state index in [9.17, 15) is 4.79 Å². The van der Waals surface area contributed by atoms with E-state index < -0.39 is 5.97 Å². The van der Waals surface area contributed by atoms with Gasteiger partial charge in [-0.3, -0.25) is 0 Å². The summed E-state index contributed by atoms with van der Waals surface area (Å²) < 4.78 is 0. The summed E-state index contributed by atoms with van der Waals surface area (Å²) in [6.45, 7) is 0. The molecule has 0 amide bonds. The average molecular weight is 152 g/mol. The van der Waals surface area contributed by atoms with Gasteiger partial charge in [-0.15, -0.1) is 0 Å². The number of carboxylic acids is 1. The number of carboxylic acid groups (broad SMARTS) is 1. The van der Waals surface area contributed by atoms with Crippen molar-refractivity contribution >= 4 is 5.97 Å². The van der Waals surface area contributed by atoms with Crippen LogP contribution in [0.4, 0.5) is 0 Å². The van der Waals surface area contributed by atoms with Crippen molar-refractivity contribution in [1.29, 1.82) is 0 Å². The Labute approximate surface area is 66.2 Å². The summed E-state index contributed by atoms with van der Waals surface area (Å²) in [5.41, 5.74) is 0. The fourth-order valence-electron chi connectivity index (χ4n) is 1.20. The van der Waals surface area contributed by atoms with Crippen LogP contribution in [-0.4, -0.2) is 11.1 Å². The third kappa shape index (κ3) is 3.03. The number of aliphatic carboxylic acids is 1. The lowest BCUT2D eigenvalue weighted by atomic mass is 9.96. The lowest BCUT2D eigenvalue weighted by Crippen LogP contribution is -1.98. The van der Waals surface area contributed by atoms with Gasteiger partial charge in [0.15, 0.2) is 0 Å². The van der Waals surface area contributed by atoms with E-state index in [-0.39, 0.29) is 0 Å². The SMILES string of the molecule is O=C(O)C=CC1C=CCCC1. The summed E-state index contributed by atoms with van der Waals surface area (Å²) >= 11 is 0. The molecule has 1 aliphatic carbocycles. The van der Waals surface area contributed by atoms with Crippen LogP contribution in [0.15, 0.2) is 24.3 Å². The van der Waals surface area contributed by atoms with Gasteiger partial charge in [-0.2, -0.15) is 0 Å². The molecule has 0 spiro atoms. The molecule has 0 saturated carbocycles. The van der Waals surface area contributed by atoms with Crippen LogP contribution in [0.25, 0.3) is 0 Å². The number of allylic oxidation sites excluding steroid dienone is 3. The topological polar surface area (TPSA) is 37.3 Å². The largest absolute Gasteiger partial charge is 0.478 e. The molecule has 0 saturated heterocycles. The zero-order chi connectivity index (χ0) is 8.10. The van der Waals surface area contributed by atoms with Crippen molar-refractivity contribution in [2.45, 2.75) is 19.3 Å². The molecule has 1 rings (SSSR count). The van der Waals surface area contributed by atoms with Crippen LogP contribution in [0.1, 0.15) is 19.3 Å². The van der Waals surface area contributed by atoms with E-state index in [1.54, 1.807) is 6.08 Å². The summed E-state index contributed by atoms with van der Waals surface area (Å²) in [4.78, 5) is 10.1. The smallest absolute Gasteiger partial charge is 0.327 e. The minimum atomic E-state index is -0.857. The maximum Gasteiger partial charge on any atom is 0.327 e. The highest BCUT2D eigenvalue weighted by molar-refractivity contribution is 5.79. The molecule has 1 unspecified atom stereocenters. The lowest BCUT2D eigenvalue weighted by molar-refractivity contribution is -0.131. The van der Waals surface area contributed by atoms with Crippen molar-refractivity contribution < 1.29 is 9.90 Å². The molecule has 0 aromatic carbocycles. The maximum atomic E-state index is 10.1. The molecule has 0 heterocycles. The monoisotopic (exact) mass is 152 g/mol. The highest BCUT2D eigenvalue weighted by Gasteiger charge is 2.03. The van der Waals surface area contributed by atoms with E-state index >= 15 is 0 Å². The fourth-order valence-corrected chi connectivity index (χ4v) is 1.20. The first-order chi connectivity index (χ1) is 5.29. The first-order valence-corrected chi connectivity index (χ1v) is 3.87. The molecule has 0 bridgehead atoms. The zero-order valence-corrected chi connectivity index (χ0v) is 6.36. The molecule has 0 aromatic rings. The third-order valence-electron chi connectivity index (χ3n) is 1.78. The molecule has 2 nitrogen and oxygen atoms in total. The van der Waals surface area contributed by atoms with Gasteiger partial charge >= 0.3 is 5.97 Å². The Morgan fingerprint density at radius 3 is 3.00 bits per heavy atom. The average Bonchev–Trinajstić information content (AvgIpc) is 2.03. The quantitative estimate of drug-likeness (QED) is 0.485. The Morgan fingerprint density at radius 1 is 1.64 bits per heavy atom. The van der Waals surface area contributed by atoms with Gasteiger partial charge < -0.3 is 5.11 Å². The molecule has 1 aliphatic rings. The predicted molar refractivity (Wildman–Crippen MR) is 43.3 cm³/mol. The molecule has 0 aliphatic heterocycles. The van der Waals surface area contributed by atoms with Gasteiger partial charge in [-0.05, 0) is 25.2 Å². The van der Waals surface area contributed by atoms with Gasteiger partial charge in [0.25, 0.3) is 0 Å². The van der Waals surface area contributed by atoms with Crippen molar-refractivity contribution in [3.63, 3.8) is 0 Å². The summed E-state index contributed by atoms with van der Waals surface area (Å²) in [6, 6.07) is 0. The third-order valence-corrected chi connectivity index (χ3v) is 1.78. The van der Waals surface area contributed by atoms with Crippen LogP contribution < -0.4 is 0 Å². The van der Waals surface area contributed by atoms with Gasteiger partial charge in [-0.1, -0.05) is 18.2 Å². The van der Waals surface area contributed by atoms with E-state index in [0.29, 0.717) is 5.92 Å². The highest BCUT2D eigenvalue weighted by atomic mass is 16.4. The minimum absolute atomic E-state index is 0.347. The minimum Gasteiger partial charge on any atom is -0.478 e. The standard InChI is InChI=1S/C9H12O2/c10-9(11)7-6-8-4-2-1-3-5-8/h2,4,6-8H,1,3,5H2,(H,10,11). The van der Waals surface area contributed by atoms with Crippen molar-refractivity contribution in [2.24, 2.45) is 5.92 Å². The molecule has 1 N–H and O–H groups in total. The molecule has 1 atom stereocenters. The van der Waals surface area contributed by atoms with E-state index in [0.717, 1.165) is 12.8 Å². The normalized spacial score (nSPS) is 24.2. The highest BCUT2D eigenvalue weighted by Crippen LogP contribution is 2.17. The fraction of sp³-hybridized carbons (Fsp3) is 0.444. The Bertz CT molecular complexity index is 192. The van der Waals surface area contributed by atoms with Crippen molar-refractivity contribution in [3.05, 3.63) is 24.3 Å². The van der Waals surface area contributed by atoms with Crippen LogP contribution in [0.2, 0.25) is 0 Å². The zero-order valence-electron chi connectivity index (χ0n) is 6.36. The molecule has 60 valence electrons. The van der Waals surface area contributed by atoms with Gasteiger partial charge in [0, 0.05) is 6.08 Å². The molecule has 0 fully saturated rings. The van der Waals surface area contributed by atoms with Crippen LogP contribution in [-0.2, 0) is 4.79 Å². The first-order valence-electron chi connectivity index (χ1n) is 3.87. The summed E-state index contributed by atoms with van der Waals surface area (Å²) in [5, 5.41) is 8.33. The van der Waals surface area contributed by atoms with E-state index in [1.165, 1.54) is 12.5 Å². The summed E-state index contributed by atoms with van der Waals surface area (Å²) in [6.07, 6.45) is 10.5. The van der Waals surface area contributed by atoms with Crippen molar-refractivity contribution in [1.82, 2.24) is 0 Å². The Kier molecular flexibility index (Phi) is 2.90. The first kappa shape index (κ1) is 8.05. The second-order valence-corrected chi connectivity index (χ2v) is 2.72. The van der Waals surface area contributed by atoms with Crippen LogP contribution in [0, 0.1) is 5.92 Å². The van der Waals surface area contributed by atoms with Crippen molar-refractivity contribution in [2.75, 3.05) is 0 Å².